The van der Waals surface area contributed by atoms with Crippen molar-refractivity contribution < 1.29 is 19.0 Å². The normalized spacial score (nSPS) is 15.2. The minimum atomic E-state index is -0.240. The molecular formula is C13H16O4. The Kier molecular flexibility index (Phi) is 3.52. The van der Waals surface area contributed by atoms with Crippen molar-refractivity contribution in [1.82, 2.24) is 0 Å². The zero-order valence-electron chi connectivity index (χ0n) is 10.1. The minimum absolute atomic E-state index is 0.218. The van der Waals surface area contributed by atoms with Crippen molar-refractivity contribution in [2.24, 2.45) is 0 Å². The molecule has 0 bridgehead atoms. The lowest BCUT2D eigenvalue weighted by molar-refractivity contribution is -0.142. The molecule has 92 valence electrons. The number of rotatable bonds is 3. The lowest BCUT2D eigenvalue weighted by atomic mass is 9.96. The molecule has 0 saturated carbocycles. The molecule has 1 aliphatic heterocycles. The van der Waals surface area contributed by atoms with Gasteiger partial charge in [-0.1, -0.05) is 13.0 Å². The molecule has 0 saturated heterocycles. The molecule has 1 aliphatic rings. The molecule has 1 atom stereocenters. The fraction of sp³-hybridized carbons (Fsp3) is 0.462. The van der Waals surface area contributed by atoms with E-state index >= 15 is 0 Å². The third kappa shape index (κ3) is 2.35. The average molecular weight is 236 g/mol. The minimum Gasteiger partial charge on any atom is -0.486 e. The Bertz CT molecular complexity index is 414. The molecule has 0 N–H and O–H groups in total. The van der Waals surface area contributed by atoms with Crippen molar-refractivity contribution >= 4 is 5.97 Å². The molecule has 0 aliphatic carbocycles. The van der Waals surface area contributed by atoms with Gasteiger partial charge in [0.1, 0.15) is 13.2 Å². The highest BCUT2D eigenvalue weighted by Crippen LogP contribution is 2.34. The number of carbonyl (C=O) groups excluding carboxylic acids is 1. The highest BCUT2D eigenvalue weighted by atomic mass is 16.6. The van der Waals surface area contributed by atoms with Crippen molar-refractivity contribution in [2.45, 2.75) is 19.3 Å². The predicted molar refractivity (Wildman–Crippen MR) is 62.5 cm³/mol. The first-order chi connectivity index (χ1) is 8.26. The third-order valence-corrected chi connectivity index (χ3v) is 2.86. The van der Waals surface area contributed by atoms with Gasteiger partial charge in [0, 0.05) is 0 Å². The topological polar surface area (TPSA) is 44.8 Å². The molecule has 0 radical (unpaired) electrons. The summed E-state index contributed by atoms with van der Waals surface area (Å²) in [5, 5.41) is 0. The van der Waals surface area contributed by atoms with E-state index in [0.29, 0.717) is 25.4 Å². The van der Waals surface area contributed by atoms with Gasteiger partial charge in [0.2, 0.25) is 0 Å². The Morgan fingerprint density at radius 1 is 1.35 bits per heavy atom. The second-order valence-electron chi connectivity index (χ2n) is 3.89. The summed E-state index contributed by atoms with van der Waals surface area (Å²) in [5.41, 5.74) is 0.906. The number of hydrogen-bond acceptors (Lipinski definition) is 4. The quantitative estimate of drug-likeness (QED) is 0.754. The monoisotopic (exact) mass is 236 g/mol. The fourth-order valence-corrected chi connectivity index (χ4v) is 1.96. The number of fused-ring (bicyclic) bond motifs is 1. The fourth-order valence-electron chi connectivity index (χ4n) is 1.96. The van der Waals surface area contributed by atoms with E-state index in [1.165, 1.54) is 7.11 Å². The first-order valence-corrected chi connectivity index (χ1v) is 5.73. The Balaban J connectivity index is 2.29. The molecule has 2 rings (SSSR count). The van der Waals surface area contributed by atoms with E-state index in [9.17, 15) is 4.79 Å². The summed E-state index contributed by atoms with van der Waals surface area (Å²) < 4.78 is 15.7. The van der Waals surface area contributed by atoms with Crippen LogP contribution in [0, 0.1) is 0 Å². The average Bonchev–Trinajstić information content (AvgIpc) is 2.39. The SMILES string of the molecule is CCC(C(=O)OC)c1ccc2c(c1)OCCO2. The van der Waals surface area contributed by atoms with E-state index < -0.39 is 0 Å². The van der Waals surface area contributed by atoms with Gasteiger partial charge in [0.15, 0.2) is 11.5 Å². The lowest BCUT2D eigenvalue weighted by Crippen LogP contribution is -2.17. The van der Waals surface area contributed by atoms with Gasteiger partial charge >= 0.3 is 5.97 Å². The summed E-state index contributed by atoms with van der Waals surface area (Å²) in [6, 6.07) is 5.59. The van der Waals surface area contributed by atoms with Crippen molar-refractivity contribution in [1.29, 1.82) is 0 Å². The molecule has 0 amide bonds. The molecule has 1 heterocycles. The van der Waals surface area contributed by atoms with E-state index in [2.05, 4.69) is 0 Å². The number of ether oxygens (including phenoxy) is 3. The van der Waals surface area contributed by atoms with Crippen LogP contribution in [-0.2, 0) is 9.53 Å². The van der Waals surface area contributed by atoms with Crippen LogP contribution in [0.2, 0.25) is 0 Å². The van der Waals surface area contributed by atoms with Gasteiger partial charge in [0.05, 0.1) is 13.0 Å². The van der Waals surface area contributed by atoms with Gasteiger partial charge in [-0.2, -0.15) is 0 Å². The molecule has 0 fully saturated rings. The van der Waals surface area contributed by atoms with E-state index in [0.717, 1.165) is 11.3 Å². The highest BCUT2D eigenvalue weighted by Gasteiger charge is 2.21. The van der Waals surface area contributed by atoms with Crippen LogP contribution in [0.4, 0.5) is 0 Å². The maximum absolute atomic E-state index is 11.6. The molecule has 4 nitrogen and oxygen atoms in total. The Labute approximate surface area is 100 Å². The molecule has 4 heteroatoms. The lowest BCUT2D eigenvalue weighted by Gasteiger charge is -2.20. The van der Waals surface area contributed by atoms with Gasteiger partial charge < -0.3 is 14.2 Å². The maximum atomic E-state index is 11.6. The first kappa shape index (κ1) is 11.8. The molecule has 1 aromatic carbocycles. The second-order valence-corrected chi connectivity index (χ2v) is 3.89. The first-order valence-electron chi connectivity index (χ1n) is 5.73. The molecular weight excluding hydrogens is 220 g/mol. The third-order valence-electron chi connectivity index (χ3n) is 2.86. The number of carbonyl (C=O) groups is 1. The molecule has 17 heavy (non-hydrogen) atoms. The van der Waals surface area contributed by atoms with E-state index in [4.69, 9.17) is 14.2 Å². The van der Waals surface area contributed by atoms with Gasteiger partial charge in [0.25, 0.3) is 0 Å². The summed E-state index contributed by atoms with van der Waals surface area (Å²) in [4.78, 5) is 11.6. The summed E-state index contributed by atoms with van der Waals surface area (Å²) >= 11 is 0. The summed E-state index contributed by atoms with van der Waals surface area (Å²) in [6.45, 7) is 3.07. The van der Waals surface area contributed by atoms with Crippen LogP contribution in [0.25, 0.3) is 0 Å². The van der Waals surface area contributed by atoms with Crippen LogP contribution in [-0.4, -0.2) is 26.3 Å². The van der Waals surface area contributed by atoms with Gasteiger partial charge in [-0.25, -0.2) is 0 Å². The number of benzene rings is 1. The van der Waals surface area contributed by atoms with Crippen molar-refractivity contribution in [3.63, 3.8) is 0 Å². The summed E-state index contributed by atoms with van der Waals surface area (Å²) in [6.07, 6.45) is 0.701. The molecule has 0 aromatic heterocycles. The Morgan fingerprint density at radius 2 is 2.06 bits per heavy atom. The van der Waals surface area contributed by atoms with E-state index in [-0.39, 0.29) is 11.9 Å². The molecule has 1 aromatic rings. The summed E-state index contributed by atoms with van der Waals surface area (Å²) in [7, 11) is 1.41. The summed E-state index contributed by atoms with van der Waals surface area (Å²) in [5.74, 6) is 0.982. The van der Waals surface area contributed by atoms with Crippen LogP contribution in [0.15, 0.2) is 18.2 Å². The maximum Gasteiger partial charge on any atom is 0.313 e. The van der Waals surface area contributed by atoms with Crippen LogP contribution in [0.5, 0.6) is 11.5 Å². The van der Waals surface area contributed by atoms with Crippen molar-refractivity contribution in [3.05, 3.63) is 23.8 Å². The second kappa shape index (κ2) is 5.08. The number of esters is 1. The zero-order chi connectivity index (χ0) is 12.3. The van der Waals surface area contributed by atoms with Crippen molar-refractivity contribution in [3.8, 4) is 11.5 Å². The van der Waals surface area contributed by atoms with Gasteiger partial charge in [-0.05, 0) is 24.1 Å². The van der Waals surface area contributed by atoms with Crippen molar-refractivity contribution in [2.75, 3.05) is 20.3 Å². The zero-order valence-corrected chi connectivity index (χ0v) is 10.1. The standard InChI is InChI=1S/C13H16O4/c1-3-10(13(14)15-2)9-4-5-11-12(8-9)17-7-6-16-11/h4-5,8,10H,3,6-7H2,1-2H3. The van der Waals surface area contributed by atoms with Gasteiger partial charge in [-0.3, -0.25) is 4.79 Å². The predicted octanol–water partition coefficient (Wildman–Crippen LogP) is 2.12. The highest BCUT2D eigenvalue weighted by molar-refractivity contribution is 5.78. The van der Waals surface area contributed by atoms with Crippen LogP contribution in [0.3, 0.4) is 0 Å². The van der Waals surface area contributed by atoms with Crippen LogP contribution < -0.4 is 9.47 Å². The number of methoxy groups -OCH3 is 1. The smallest absolute Gasteiger partial charge is 0.313 e. The van der Waals surface area contributed by atoms with Gasteiger partial charge in [-0.15, -0.1) is 0 Å². The Hall–Kier alpha value is -1.71. The van der Waals surface area contributed by atoms with E-state index in [1.54, 1.807) is 0 Å². The van der Waals surface area contributed by atoms with Crippen LogP contribution >= 0.6 is 0 Å². The van der Waals surface area contributed by atoms with Crippen LogP contribution in [0.1, 0.15) is 24.8 Å². The largest absolute Gasteiger partial charge is 0.486 e. The molecule has 1 unspecified atom stereocenters. The number of hydrogen-bond donors (Lipinski definition) is 0. The van der Waals surface area contributed by atoms with E-state index in [1.807, 2.05) is 25.1 Å². The Morgan fingerprint density at radius 3 is 2.71 bits per heavy atom. The molecule has 0 spiro atoms.